The average Bonchev–Trinajstić information content (AvgIpc) is 2.96. The van der Waals surface area contributed by atoms with Crippen LogP contribution in [0, 0.1) is 5.92 Å². The van der Waals surface area contributed by atoms with E-state index in [1.165, 1.54) is 0 Å². The Labute approximate surface area is 234 Å². The van der Waals surface area contributed by atoms with E-state index < -0.39 is 11.8 Å². The number of carbonyl (C=O) groups excluding carboxylic acids is 2. The van der Waals surface area contributed by atoms with Gasteiger partial charge in [0.15, 0.2) is 17.3 Å². The molecule has 5 rings (SSSR count). The molecule has 206 valence electrons. The van der Waals surface area contributed by atoms with E-state index in [1.807, 2.05) is 79.7 Å². The third-order valence-electron chi connectivity index (χ3n) is 7.50. The largest absolute Gasteiger partial charge is 0.493 e. The molecule has 0 saturated heterocycles. The SMILES string of the molecule is CCOC(=O)C1C(C)=NC2=C(C(=O)C[C@H](c3ccc(OC)c(OC)c3)C2)[C@H]1c1cccc(Oc2ccccc2)c1. The number of aliphatic imine (C=N–C) groups is 1. The van der Waals surface area contributed by atoms with Crippen molar-refractivity contribution < 1.29 is 28.5 Å². The summed E-state index contributed by atoms with van der Waals surface area (Å²) in [4.78, 5) is 32.0. The summed E-state index contributed by atoms with van der Waals surface area (Å²) in [6.07, 6.45) is 0.870. The van der Waals surface area contributed by atoms with E-state index in [4.69, 9.17) is 23.9 Å². The second-order valence-electron chi connectivity index (χ2n) is 9.95. The number of allylic oxidation sites excluding steroid dienone is 2. The highest BCUT2D eigenvalue weighted by molar-refractivity contribution is 6.09. The Bertz CT molecular complexity index is 1480. The molecule has 0 N–H and O–H groups in total. The van der Waals surface area contributed by atoms with Gasteiger partial charge in [-0.1, -0.05) is 36.4 Å². The van der Waals surface area contributed by atoms with Crippen LogP contribution in [0.3, 0.4) is 0 Å². The molecule has 0 bridgehead atoms. The van der Waals surface area contributed by atoms with E-state index in [-0.39, 0.29) is 24.3 Å². The minimum absolute atomic E-state index is 0.0223. The van der Waals surface area contributed by atoms with Crippen LogP contribution < -0.4 is 14.2 Å². The van der Waals surface area contributed by atoms with Crippen LogP contribution in [-0.4, -0.2) is 38.3 Å². The van der Waals surface area contributed by atoms with Crippen molar-refractivity contribution in [3.05, 3.63) is 95.2 Å². The summed E-state index contributed by atoms with van der Waals surface area (Å²) in [6, 6.07) is 22.8. The van der Waals surface area contributed by atoms with Crippen LogP contribution in [0.4, 0.5) is 0 Å². The molecule has 0 spiro atoms. The summed E-state index contributed by atoms with van der Waals surface area (Å²) in [5.74, 6) is 0.873. The number of carbonyl (C=O) groups is 2. The molecule has 7 nitrogen and oxygen atoms in total. The molecule has 3 atom stereocenters. The van der Waals surface area contributed by atoms with Crippen LogP contribution >= 0.6 is 0 Å². The van der Waals surface area contributed by atoms with Crippen molar-refractivity contribution in [2.24, 2.45) is 10.9 Å². The van der Waals surface area contributed by atoms with E-state index in [1.54, 1.807) is 21.1 Å². The molecule has 0 aromatic heterocycles. The zero-order chi connectivity index (χ0) is 28.2. The number of Topliss-reactive ketones (excluding diaryl/α,β-unsaturated/α-hetero) is 1. The second-order valence-corrected chi connectivity index (χ2v) is 9.95. The summed E-state index contributed by atoms with van der Waals surface area (Å²) in [6.45, 7) is 3.86. The van der Waals surface area contributed by atoms with Gasteiger partial charge in [-0.3, -0.25) is 14.6 Å². The first-order valence-electron chi connectivity index (χ1n) is 13.5. The van der Waals surface area contributed by atoms with E-state index in [2.05, 4.69) is 0 Å². The standard InChI is InChI=1S/C33H33NO6/c1-5-39-33(36)30-20(2)34-26-17-23(21-14-15-28(37-3)29(19-21)38-4)18-27(35)32(26)31(30)22-10-9-13-25(16-22)40-24-11-7-6-8-12-24/h6-16,19,23,30-31H,5,17-18H2,1-4H3/t23-,30?,31+/m1/s1. The van der Waals surface area contributed by atoms with Gasteiger partial charge in [-0.2, -0.15) is 0 Å². The molecular weight excluding hydrogens is 506 g/mol. The predicted octanol–water partition coefficient (Wildman–Crippen LogP) is 6.63. The van der Waals surface area contributed by atoms with Crippen LogP contribution in [0.25, 0.3) is 0 Å². The number of methoxy groups -OCH3 is 2. The van der Waals surface area contributed by atoms with Gasteiger partial charge in [0.05, 0.1) is 20.8 Å². The Morgan fingerprint density at radius 2 is 1.62 bits per heavy atom. The molecule has 40 heavy (non-hydrogen) atoms. The Morgan fingerprint density at radius 3 is 2.35 bits per heavy atom. The number of nitrogens with zero attached hydrogens (tertiary/aromatic N) is 1. The lowest BCUT2D eigenvalue weighted by atomic mass is 9.69. The van der Waals surface area contributed by atoms with E-state index >= 15 is 0 Å². The Balaban J connectivity index is 1.55. The number of ketones is 1. The summed E-state index contributed by atoms with van der Waals surface area (Å²) in [7, 11) is 3.19. The van der Waals surface area contributed by atoms with Crippen molar-refractivity contribution in [3.8, 4) is 23.0 Å². The molecule has 0 amide bonds. The zero-order valence-electron chi connectivity index (χ0n) is 23.2. The summed E-state index contributed by atoms with van der Waals surface area (Å²) < 4.78 is 22.4. The number of para-hydroxylation sites is 1. The lowest BCUT2D eigenvalue weighted by Gasteiger charge is -2.36. The molecule has 0 saturated carbocycles. The first-order chi connectivity index (χ1) is 19.4. The highest BCUT2D eigenvalue weighted by Gasteiger charge is 2.45. The Hall–Kier alpha value is -4.39. The third-order valence-corrected chi connectivity index (χ3v) is 7.50. The first kappa shape index (κ1) is 27.2. The normalized spacial score (nSPS) is 20.4. The van der Waals surface area contributed by atoms with Gasteiger partial charge in [0.25, 0.3) is 0 Å². The fourth-order valence-corrected chi connectivity index (χ4v) is 5.70. The quantitative estimate of drug-likeness (QED) is 0.299. The smallest absolute Gasteiger partial charge is 0.315 e. The minimum Gasteiger partial charge on any atom is -0.493 e. The molecule has 3 aromatic rings. The van der Waals surface area contributed by atoms with Gasteiger partial charge in [-0.15, -0.1) is 0 Å². The number of benzene rings is 3. The molecule has 1 heterocycles. The fourth-order valence-electron chi connectivity index (χ4n) is 5.70. The average molecular weight is 540 g/mol. The van der Waals surface area contributed by atoms with Crippen molar-refractivity contribution in [1.82, 2.24) is 0 Å². The topological polar surface area (TPSA) is 83.4 Å². The van der Waals surface area contributed by atoms with E-state index in [0.29, 0.717) is 52.8 Å². The lowest BCUT2D eigenvalue weighted by Crippen LogP contribution is -2.38. The summed E-state index contributed by atoms with van der Waals surface area (Å²) in [5.41, 5.74) is 3.72. The van der Waals surface area contributed by atoms with Crippen LogP contribution in [0.15, 0.2) is 89.1 Å². The maximum atomic E-state index is 13.9. The van der Waals surface area contributed by atoms with Crippen molar-refractivity contribution >= 4 is 17.5 Å². The molecule has 0 fully saturated rings. The van der Waals surface area contributed by atoms with E-state index in [0.717, 1.165) is 11.1 Å². The highest BCUT2D eigenvalue weighted by Crippen LogP contribution is 2.48. The van der Waals surface area contributed by atoms with Gasteiger partial charge < -0.3 is 18.9 Å². The summed E-state index contributed by atoms with van der Waals surface area (Å²) in [5, 5.41) is 0. The number of rotatable bonds is 8. The maximum absolute atomic E-state index is 13.9. The van der Waals surface area contributed by atoms with Gasteiger partial charge >= 0.3 is 5.97 Å². The Kier molecular flexibility index (Phi) is 8.01. The molecular formula is C33H33NO6. The molecule has 1 aliphatic carbocycles. The maximum Gasteiger partial charge on any atom is 0.315 e. The minimum atomic E-state index is -0.702. The molecule has 7 heteroatoms. The third kappa shape index (κ3) is 5.37. The lowest BCUT2D eigenvalue weighted by molar-refractivity contribution is -0.146. The number of hydrogen-bond donors (Lipinski definition) is 0. The Morgan fingerprint density at radius 1 is 0.875 bits per heavy atom. The van der Waals surface area contributed by atoms with Crippen LogP contribution in [0.1, 0.15) is 49.7 Å². The monoisotopic (exact) mass is 539 g/mol. The van der Waals surface area contributed by atoms with Gasteiger partial charge in [0.2, 0.25) is 0 Å². The van der Waals surface area contributed by atoms with E-state index in [9.17, 15) is 9.59 Å². The molecule has 0 radical (unpaired) electrons. The van der Waals surface area contributed by atoms with Crippen LogP contribution in [-0.2, 0) is 14.3 Å². The van der Waals surface area contributed by atoms with Crippen LogP contribution in [0.2, 0.25) is 0 Å². The van der Waals surface area contributed by atoms with Gasteiger partial charge in [0, 0.05) is 29.3 Å². The van der Waals surface area contributed by atoms with Gasteiger partial charge in [-0.05, 0) is 73.7 Å². The van der Waals surface area contributed by atoms with Gasteiger partial charge in [0.1, 0.15) is 17.4 Å². The first-order valence-corrected chi connectivity index (χ1v) is 13.5. The van der Waals surface area contributed by atoms with Crippen molar-refractivity contribution in [2.75, 3.05) is 20.8 Å². The molecule has 1 unspecified atom stereocenters. The summed E-state index contributed by atoms with van der Waals surface area (Å²) >= 11 is 0. The molecule has 1 aliphatic heterocycles. The van der Waals surface area contributed by atoms with Crippen molar-refractivity contribution in [3.63, 3.8) is 0 Å². The van der Waals surface area contributed by atoms with Gasteiger partial charge in [-0.25, -0.2) is 0 Å². The number of esters is 1. The highest BCUT2D eigenvalue weighted by atomic mass is 16.5. The van der Waals surface area contributed by atoms with Crippen LogP contribution in [0.5, 0.6) is 23.0 Å². The molecule has 2 aliphatic rings. The molecule has 3 aromatic carbocycles. The van der Waals surface area contributed by atoms with Crippen molar-refractivity contribution in [1.29, 1.82) is 0 Å². The zero-order valence-corrected chi connectivity index (χ0v) is 23.2. The number of hydrogen-bond acceptors (Lipinski definition) is 7. The fraction of sp³-hybridized carbons (Fsp3) is 0.303. The second kappa shape index (κ2) is 11.8. The van der Waals surface area contributed by atoms with Crippen molar-refractivity contribution in [2.45, 2.75) is 38.5 Å². The predicted molar refractivity (Wildman–Crippen MR) is 152 cm³/mol. The number of ether oxygens (including phenoxy) is 4.